The molecule has 4 nitrogen and oxygen atoms in total. The third kappa shape index (κ3) is 3.00. The zero-order valence-electron chi connectivity index (χ0n) is 9.90. The molecule has 0 unspecified atom stereocenters. The van der Waals surface area contributed by atoms with Crippen LogP contribution in [0.4, 0.5) is 20.2 Å². The first-order chi connectivity index (χ1) is 9.29. The third-order valence-corrected chi connectivity index (χ3v) is 4.12. The van der Waals surface area contributed by atoms with E-state index in [9.17, 15) is 17.2 Å². The molecule has 0 atom stereocenters. The minimum atomic E-state index is -4.01. The van der Waals surface area contributed by atoms with E-state index in [0.29, 0.717) is 0 Å². The Morgan fingerprint density at radius 1 is 1.05 bits per heavy atom. The van der Waals surface area contributed by atoms with Crippen LogP contribution < -0.4 is 10.5 Å². The lowest BCUT2D eigenvalue weighted by atomic mass is 10.3. The van der Waals surface area contributed by atoms with Gasteiger partial charge in [-0.05, 0) is 30.3 Å². The van der Waals surface area contributed by atoms with Gasteiger partial charge >= 0.3 is 0 Å². The average Bonchev–Trinajstić information content (AvgIpc) is 2.33. The number of rotatable bonds is 3. The van der Waals surface area contributed by atoms with Gasteiger partial charge in [-0.2, -0.15) is 0 Å². The highest BCUT2D eigenvalue weighted by Crippen LogP contribution is 2.25. The molecule has 0 fully saturated rings. The van der Waals surface area contributed by atoms with Crippen molar-refractivity contribution in [2.75, 3.05) is 10.5 Å². The van der Waals surface area contributed by atoms with Gasteiger partial charge in [-0.3, -0.25) is 4.72 Å². The Labute approximate surface area is 119 Å². The van der Waals surface area contributed by atoms with Gasteiger partial charge < -0.3 is 5.73 Å². The topological polar surface area (TPSA) is 72.2 Å². The summed E-state index contributed by atoms with van der Waals surface area (Å²) >= 11 is 5.68. The van der Waals surface area contributed by atoms with Gasteiger partial charge in [0.05, 0.1) is 11.4 Å². The van der Waals surface area contributed by atoms with Crippen LogP contribution in [0.1, 0.15) is 0 Å². The minimum Gasteiger partial charge on any atom is -0.398 e. The summed E-state index contributed by atoms with van der Waals surface area (Å²) in [6.45, 7) is 0. The predicted molar refractivity (Wildman–Crippen MR) is 73.0 cm³/mol. The molecule has 0 spiro atoms. The quantitative estimate of drug-likeness (QED) is 0.854. The van der Waals surface area contributed by atoms with Crippen LogP contribution in [0.3, 0.4) is 0 Å². The standard InChI is InChI=1S/C12H9ClF2N2O2S/c13-7-1-4-12(11(16)5-7)20(18,19)17-8-2-3-9(14)10(15)6-8/h1-6,17H,16H2. The van der Waals surface area contributed by atoms with Gasteiger partial charge in [-0.25, -0.2) is 17.2 Å². The van der Waals surface area contributed by atoms with E-state index >= 15 is 0 Å². The SMILES string of the molecule is Nc1cc(Cl)ccc1S(=O)(=O)Nc1ccc(F)c(F)c1. The monoisotopic (exact) mass is 318 g/mol. The molecule has 8 heteroatoms. The highest BCUT2D eigenvalue weighted by Gasteiger charge is 2.18. The summed E-state index contributed by atoms with van der Waals surface area (Å²) in [5, 5.41) is 0.286. The fourth-order valence-corrected chi connectivity index (χ4v) is 2.88. The molecule has 20 heavy (non-hydrogen) atoms. The first-order valence-electron chi connectivity index (χ1n) is 5.32. The van der Waals surface area contributed by atoms with Crippen molar-refractivity contribution in [1.29, 1.82) is 0 Å². The van der Waals surface area contributed by atoms with Crippen molar-refractivity contribution < 1.29 is 17.2 Å². The Kier molecular flexibility index (Phi) is 3.82. The molecule has 2 aromatic rings. The van der Waals surface area contributed by atoms with Crippen molar-refractivity contribution in [3.05, 3.63) is 53.1 Å². The Morgan fingerprint density at radius 3 is 2.35 bits per heavy atom. The van der Waals surface area contributed by atoms with E-state index in [1.54, 1.807) is 0 Å². The maximum Gasteiger partial charge on any atom is 0.263 e. The lowest BCUT2D eigenvalue weighted by molar-refractivity contribution is 0.509. The lowest BCUT2D eigenvalue weighted by Crippen LogP contribution is -2.15. The second-order valence-corrected chi connectivity index (χ2v) is 6.00. The van der Waals surface area contributed by atoms with Crippen LogP contribution >= 0.6 is 11.6 Å². The highest BCUT2D eigenvalue weighted by atomic mass is 35.5. The number of benzene rings is 2. The summed E-state index contributed by atoms with van der Waals surface area (Å²) < 4.78 is 52.1. The maximum absolute atomic E-state index is 13.0. The van der Waals surface area contributed by atoms with Crippen molar-refractivity contribution in [3.63, 3.8) is 0 Å². The minimum absolute atomic E-state index is 0.0485. The van der Waals surface area contributed by atoms with Crippen molar-refractivity contribution in [1.82, 2.24) is 0 Å². The molecule has 3 N–H and O–H groups in total. The van der Waals surface area contributed by atoms with Crippen LogP contribution in [-0.2, 0) is 10.0 Å². The summed E-state index contributed by atoms with van der Waals surface area (Å²) in [7, 11) is -4.01. The molecule has 0 aliphatic carbocycles. The molecule has 0 aliphatic rings. The third-order valence-electron chi connectivity index (χ3n) is 2.43. The number of halogens is 3. The zero-order valence-corrected chi connectivity index (χ0v) is 11.5. The van der Waals surface area contributed by atoms with E-state index in [1.165, 1.54) is 18.2 Å². The van der Waals surface area contributed by atoms with Gasteiger partial charge in [0.25, 0.3) is 10.0 Å². The molecule has 0 amide bonds. The predicted octanol–water partition coefficient (Wildman–Crippen LogP) is 3.00. The first kappa shape index (κ1) is 14.5. The number of nitrogen functional groups attached to an aromatic ring is 1. The van der Waals surface area contributed by atoms with Crippen LogP contribution in [0.5, 0.6) is 0 Å². The van der Waals surface area contributed by atoms with Crippen LogP contribution in [0.25, 0.3) is 0 Å². The summed E-state index contributed by atoms with van der Waals surface area (Å²) in [4.78, 5) is -0.202. The molecule has 0 aliphatic heterocycles. The molecular formula is C12H9ClF2N2O2S. The van der Waals surface area contributed by atoms with Crippen molar-refractivity contribution in [2.45, 2.75) is 4.90 Å². The zero-order chi connectivity index (χ0) is 14.9. The molecule has 2 aromatic carbocycles. The number of anilines is 2. The number of nitrogens with two attached hydrogens (primary N) is 1. The lowest BCUT2D eigenvalue weighted by Gasteiger charge is -2.10. The summed E-state index contributed by atoms with van der Waals surface area (Å²) in [6, 6.07) is 6.51. The van der Waals surface area contributed by atoms with Gasteiger partial charge in [0, 0.05) is 11.1 Å². The Balaban J connectivity index is 2.38. The Hall–Kier alpha value is -1.86. The number of hydrogen-bond acceptors (Lipinski definition) is 3. The first-order valence-corrected chi connectivity index (χ1v) is 7.18. The van der Waals surface area contributed by atoms with Crippen LogP contribution in [0.15, 0.2) is 41.3 Å². The van der Waals surface area contributed by atoms with E-state index < -0.39 is 21.7 Å². The van der Waals surface area contributed by atoms with E-state index in [1.807, 2.05) is 0 Å². The van der Waals surface area contributed by atoms with Gasteiger partial charge in [0.2, 0.25) is 0 Å². The van der Waals surface area contributed by atoms with Gasteiger partial charge in [0.1, 0.15) is 4.90 Å². The highest BCUT2D eigenvalue weighted by molar-refractivity contribution is 7.92. The van der Waals surface area contributed by atoms with E-state index in [4.69, 9.17) is 17.3 Å². The fraction of sp³-hybridized carbons (Fsp3) is 0. The van der Waals surface area contributed by atoms with Gasteiger partial charge in [-0.15, -0.1) is 0 Å². The number of hydrogen-bond donors (Lipinski definition) is 2. The molecule has 106 valence electrons. The van der Waals surface area contributed by atoms with Gasteiger partial charge in [0.15, 0.2) is 11.6 Å². The van der Waals surface area contributed by atoms with E-state index in [-0.39, 0.29) is 21.3 Å². The summed E-state index contributed by atoms with van der Waals surface area (Å²) in [6.07, 6.45) is 0. The number of nitrogens with one attached hydrogen (secondary N) is 1. The average molecular weight is 319 g/mol. The van der Waals surface area contributed by atoms with Gasteiger partial charge in [-0.1, -0.05) is 11.6 Å². The Bertz CT molecular complexity index is 766. The molecule has 0 heterocycles. The second-order valence-electron chi connectivity index (χ2n) is 3.92. The van der Waals surface area contributed by atoms with Crippen LogP contribution in [-0.4, -0.2) is 8.42 Å². The van der Waals surface area contributed by atoms with Crippen molar-refractivity contribution in [3.8, 4) is 0 Å². The molecule has 0 saturated heterocycles. The van der Waals surface area contributed by atoms with Crippen LogP contribution in [0.2, 0.25) is 5.02 Å². The normalized spacial score (nSPS) is 11.3. The van der Waals surface area contributed by atoms with Crippen LogP contribution in [0, 0.1) is 11.6 Å². The summed E-state index contributed by atoms with van der Waals surface area (Å²) in [5.74, 6) is -2.23. The molecule has 2 rings (SSSR count). The maximum atomic E-state index is 13.0. The fourth-order valence-electron chi connectivity index (χ4n) is 1.53. The van der Waals surface area contributed by atoms with Crippen molar-refractivity contribution >= 4 is 33.0 Å². The Morgan fingerprint density at radius 2 is 1.75 bits per heavy atom. The largest absolute Gasteiger partial charge is 0.398 e. The van der Waals surface area contributed by atoms with E-state index in [2.05, 4.69) is 4.72 Å². The second kappa shape index (κ2) is 5.26. The molecular weight excluding hydrogens is 310 g/mol. The smallest absolute Gasteiger partial charge is 0.263 e. The molecule has 0 saturated carbocycles. The number of sulfonamides is 1. The van der Waals surface area contributed by atoms with Crippen molar-refractivity contribution in [2.24, 2.45) is 0 Å². The molecule has 0 aromatic heterocycles. The summed E-state index contributed by atoms with van der Waals surface area (Å²) in [5.41, 5.74) is 5.42. The van der Waals surface area contributed by atoms with E-state index in [0.717, 1.165) is 18.2 Å². The molecule has 0 radical (unpaired) electrons. The molecule has 0 bridgehead atoms.